The van der Waals surface area contributed by atoms with Gasteiger partial charge in [-0.1, -0.05) is 84.9 Å². The molecule has 2 radical (unpaired) electrons. The maximum absolute atomic E-state index is 2.35. The van der Waals surface area contributed by atoms with Crippen molar-refractivity contribution in [3.05, 3.63) is 131 Å². The van der Waals surface area contributed by atoms with Crippen molar-refractivity contribution in [3.8, 4) is 22.3 Å². The van der Waals surface area contributed by atoms with E-state index in [9.17, 15) is 0 Å². The Morgan fingerprint density at radius 1 is 0.407 bits per heavy atom. The van der Waals surface area contributed by atoms with Gasteiger partial charge in [-0.3, -0.25) is 0 Å². The van der Waals surface area contributed by atoms with E-state index < -0.39 is 0 Å². The van der Waals surface area contributed by atoms with Crippen LogP contribution < -0.4 is 0 Å². The molecule has 0 fully saturated rings. The molecule has 0 aliphatic heterocycles. The van der Waals surface area contributed by atoms with Crippen molar-refractivity contribution in [2.45, 2.75) is 6.42 Å². The summed E-state index contributed by atoms with van der Waals surface area (Å²) in [7, 11) is 0. The van der Waals surface area contributed by atoms with Crippen LogP contribution in [0.25, 0.3) is 22.3 Å². The minimum atomic E-state index is 0.960. The summed E-state index contributed by atoms with van der Waals surface area (Å²) in [6.45, 7) is 0. The first kappa shape index (κ1) is 15.0. The van der Waals surface area contributed by atoms with Gasteiger partial charge in [0.25, 0.3) is 0 Å². The molecule has 0 heterocycles. The van der Waals surface area contributed by atoms with Crippen LogP contribution in [0.4, 0.5) is 0 Å². The van der Waals surface area contributed by atoms with E-state index in [0.717, 1.165) is 6.42 Å². The van der Waals surface area contributed by atoms with Crippen molar-refractivity contribution in [2.75, 3.05) is 0 Å². The Labute approximate surface area is 160 Å². The quantitative estimate of drug-likeness (QED) is 0.340. The zero-order valence-electron chi connectivity index (χ0n) is 14.9. The molecule has 0 N–H and O–H groups in total. The number of hydrogen-bond acceptors (Lipinski definition) is 0. The summed E-state index contributed by atoms with van der Waals surface area (Å²) < 4.78 is 0. The SMILES string of the molecule is [CH]1c2ccccc2-c2cccc(Cc3cccc4c3[CH]c3ccccc3-4)c21. The van der Waals surface area contributed by atoms with Gasteiger partial charge in [-0.25, -0.2) is 0 Å². The predicted octanol–water partition coefficient (Wildman–Crippen LogP) is 6.44. The lowest BCUT2D eigenvalue weighted by atomic mass is 9.92. The highest BCUT2D eigenvalue weighted by atomic mass is 14.3. The van der Waals surface area contributed by atoms with E-state index in [0.29, 0.717) is 0 Å². The van der Waals surface area contributed by atoms with Gasteiger partial charge in [-0.05, 0) is 62.1 Å². The summed E-state index contributed by atoms with van der Waals surface area (Å²) in [6.07, 6.45) is 5.66. The van der Waals surface area contributed by atoms with Crippen molar-refractivity contribution in [1.29, 1.82) is 0 Å². The lowest BCUT2D eigenvalue weighted by Crippen LogP contribution is -1.97. The minimum absolute atomic E-state index is 0.960. The van der Waals surface area contributed by atoms with E-state index >= 15 is 0 Å². The molecule has 0 saturated carbocycles. The van der Waals surface area contributed by atoms with Gasteiger partial charge in [-0.15, -0.1) is 0 Å². The Kier molecular flexibility index (Phi) is 3.16. The molecular weight excluding hydrogens is 324 g/mol. The molecule has 0 aromatic heterocycles. The van der Waals surface area contributed by atoms with Crippen molar-refractivity contribution in [1.82, 2.24) is 0 Å². The topological polar surface area (TPSA) is 0 Å². The molecule has 0 bridgehead atoms. The first-order valence-electron chi connectivity index (χ1n) is 9.50. The molecule has 126 valence electrons. The summed E-state index contributed by atoms with van der Waals surface area (Å²) in [6, 6.07) is 30.8. The van der Waals surface area contributed by atoms with Crippen LogP contribution in [-0.4, -0.2) is 0 Å². The van der Waals surface area contributed by atoms with Crippen LogP contribution in [0, 0.1) is 12.8 Å². The van der Waals surface area contributed by atoms with E-state index in [1.54, 1.807) is 0 Å². The Hall–Kier alpha value is -3.12. The van der Waals surface area contributed by atoms with Gasteiger partial charge in [-0.2, -0.15) is 0 Å². The van der Waals surface area contributed by atoms with E-state index in [1.165, 1.54) is 55.6 Å². The van der Waals surface area contributed by atoms with Crippen molar-refractivity contribution < 1.29 is 0 Å². The van der Waals surface area contributed by atoms with Gasteiger partial charge < -0.3 is 0 Å². The lowest BCUT2D eigenvalue weighted by Gasteiger charge is -2.12. The second kappa shape index (κ2) is 5.69. The molecular formula is C27H18. The standard InChI is InChI=1S/C27H18/c1-3-11-22-20(7-1)16-26-18(9-5-13-24(22)26)15-19-10-6-14-25-23-12-4-2-8-21(23)17-27(19)25/h1-14,16-17H,15H2. The van der Waals surface area contributed by atoms with Gasteiger partial charge in [0.2, 0.25) is 0 Å². The molecule has 0 heteroatoms. The predicted molar refractivity (Wildman–Crippen MR) is 112 cm³/mol. The van der Waals surface area contributed by atoms with Crippen LogP contribution in [-0.2, 0) is 6.42 Å². The largest absolute Gasteiger partial charge is 0.0619 e. The third-order valence-corrected chi connectivity index (χ3v) is 5.88. The van der Waals surface area contributed by atoms with Crippen LogP contribution in [0.1, 0.15) is 33.4 Å². The number of rotatable bonds is 2. The molecule has 0 amide bonds. The second-order valence-corrected chi connectivity index (χ2v) is 7.40. The van der Waals surface area contributed by atoms with Crippen LogP contribution in [0.3, 0.4) is 0 Å². The Bertz CT molecular complexity index is 1100. The second-order valence-electron chi connectivity index (χ2n) is 7.40. The highest BCUT2D eigenvalue weighted by Gasteiger charge is 2.24. The fourth-order valence-electron chi connectivity index (χ4n) is 4.60. The third-order valence-electron chi connectivity index (χ3n) is 5.88. The van der Waals surface area contributed by atoms with Gasteiger partial charge in [0.15, 0.2) is 0 Å². The highest BCUT2D eigenvalue weighted by Crippen LogP contribution is 2.42. The monoisotopic (exact) mass is 342 g/mol. The molecule has 0 unspecified atom stereocenters. The van der Waals surface area contributed by atoms with Crippen LogP contribution in [0.5, 0.6) is 0 Å². The fraction of sp³-hybridized carbons (Fsp3) is 0.0370. The normalized spacial score (nSPS) is 13.0. The molecule has 4 aromatic carbocycles. The molecule has 2 aliphatic carbocycles. The maximum atomic E-state index is 2.35. The summed E-state index contributed by atoms with van der Waals surface area (Å²) in [4.78, 5) is 0. The molecule has 27 heavy (non-hydrogen) atoms. The molecule has 0 atom stereocenters. The molecule has 6 rings (SSSR count). The Morgan fingerprint density at radius 2 is 0.852 bits per heavy atom. The summed E-state index contributed by atoms with van der Waals surface area (Å²) >= 11 is 0. The summed E-state index contributed by atoms with van der Waals surface area (Å²) in [5, 5.41) is 0. The Balaban J connectivity index is 1.43. The summed E-state index contributed by atoms with van der Waals surface area (Å²) in [5.74, 6) is 0. The number of benzene rings is 4. The zero-order valence-corrected chi connectivity index (χ0v) is 14.9. The number of hydrogen-bond donors (Lipinski definition) is 0. The Morgan fingerprint density at radius 3 is 1.37 bits per heavy atom. The van der Waals surface area contributed by atoms with Gasteiger partial charge in [0.05, 0.1) is 0 Å². The third kappa shape index (κ3) is 2.23. The summed E-state index contributed by atoms with van der Waals surface area (Å²) in [5.41, 5.74) is 13.7. The van der Waals surface area contributed by atoms with Crippen LogP contribution in [0.2, 0.25) is 0 Å². The lowest BCUT2D eigenvalue weighted by molar-refractivity contribution is 1.16. The average Bonchev–Trinajstić information content (AvgIpc) is 3.28. The molecule has 0 saturated heterocycles. The van der Waals surface area contributed by atoms with Crippen molar-refractivity contribution in [2.24, 2.45) is 0 Å². The average molecular weight is 342 g/mol. The molecule has 0 nitrogen and oxygen atoms in total. The number of fused-ring (bicyclic) bond motifs is 6. The van der Waals surface area contributed by atoms with Gasteiger partial charge in [0, 0.05) is 12.8 Å². The molecule has 4 aromatic rings. The van der Waals surface area contributed by atoms with Crippen LogP contribution >= 0.6 is 0 Å². The van der Waals surface area contributed by atoms with Crippen molar-refractivity contribution >= 4 is 0 Å². The van der Waals surface area contributed by atoms with Crippen LogP contribution in [0.15, 0.2) is 84.9 Å². The first-order valence-corrected chi connectivity index (χ1v) is 9.50. The van der Waals surface area contributed by atoms with E-state index in [2.05, 4.69) is 97.8 Å². The first-order chi connectivity index (χ1) is 13.4. The zero-order chi connectivity index (χ0) is 17.8. The van der Waals surface area contributed by atoms with Gasteiger partial charge in [0.1, 0.15) is 0 Å². The fourth-order valence-corrected chi connectivity index (χ4v) is 4.60. The van der Waals surface area contributed by atoms with E-state index in [4.69, 9.17) is 0 Å². The van der Waals surface area contributed by atoms with Gasteiger partial charge >= 0.3 is 0 Å². The van der Waals surface area contributed by atoms with E-state index in [1.807, 2.05) is 0 Å². The minimum Gasteiger partial charge on any atom is -0.0619 e. The maximum Gasteiger partial charge on any atom is 0.0214 e. The van der Waals surface area contributed by atoms with E-state index in [-0.39, 0.29) is 0 Å². The molecule has 0 spiro atoms. The van der Waals surface area contributed by atoms with Crippen molar-refractivity contribution in [3.63, 3.8) is 0 Å². The smallest absolute Gasteiger partial charge is 0.0214 e. The highest BCUT2D eigenvalue weighted by molar-refractivity contribution is 5.84. The molecule has 2 aliphatic rings.